The molecule has 0 aromatic heterocycles. The van der Waals surface area contributed by atoms with Gasteiger partial charge in [0.2, 0.25) is 18.4 Å². The van der Waals surface area contributed by atoms with E-state index in [-0.39, 0.29) is 6.79 Å². The Hall–Kier alpha value is -2.00. The van der Waals surface area contributed by atoms with E-state index in [0.29, 0.717) is 30.4 Å². The minimum absolute atomic E-state index is 0.150. The molecule has 1 aliphatic heterocycles. The van der Waals surface area contributed by atoms with Crippen molar-refractivity contribution in [1.29, 1.82) is 0 Å². The second-order valence-corrected chi connectivity index (χ2v) is 6.96. The van der Waals surface area contributed by atoms with Gasteiger partial charge >= 0.3 is 0 Å². The number of benzene rings is 2. The predicted molar refractivity (Wildman–Crippen MR) is 102 cm³/mol. The molecule has 1 aliphatic rings. The van der Waals surface area contributed by atoms with Crippen LogP contribution in [-0.4, -0.2) is 18.7 Å². The van der Waals surface area contributed by atoms with Gasteiger partial charge in [-0.15, -0.1) is 0 Å². The van der Waals surface area contributed by atoms with Crippen LogP contribution in [0.2, 0.25) is 0 Å². The van der Waals surface area contributed by atoms with Gasteiger partial charge in [-0.1, -0.05) is 18.2 Å². The Balaban J connectivity index is 1.72. The average molecular weight is 454 g/mol. The van der Waals surface area contributed by atoms with Crippen LogP contribution in [0, 0.1) is 3.57 Å². The predicted octanol–water partition coefficient (Wildman–Crippen LogP) is 2.56. The number of carbonyl (C=O) groups excluding carboxylic acids is 1. The highest BCUT2D eigenvalue weighted by Crippen LogP contribution is 2.43. The van der Waals surface area contributed by atoms with Gasteiger partial charge in [0.1, 0.15) is 6.61 Å². The summed E-state index contributed by atoms with van der Waals surface area (Å²) in [6.07, 6.45) is 0. The lowest BCUT2D eigenvalue weighted by atomic mass is 10.1. The molecule has 2 aromatic carbocycles. The lowest BCUT2D eigenvalue weighted by Crippen LogP contribution is -2.38. The van der Waals surface area contributed by atoms with Crippen molar-refractivity contribution in [2.24, 2.45) is 5.73 Å². The third-order valence-corrected chi connectivity index (χ3v) is 4.54. The summed E-state index contributed by atoms with van der Waals surface area (Å²) >= 11 is 2.27. The zero-order valence-corrected chi connectivity index (χ0v) is 15.9. The van der Waals surface area contributed by atoms with Crippen molar-refractivity contribution >= 4 is 28.5 Å². The molecule has 6 nitrogen and oxygen atoms in total. The number of halogens is 1. The van der Waals surface area contributed by atoms with Crippen molar-refractivity contribution in [3.63, 3.8) is 0 Å². The van der Waals surface area contributed by atoms with Gasteiger partial charge in [-0.2, -0.15) is 0 Å². The summed E-state index contributed by atoms with van der Waals surface area (Å²) in [4.78, 5) is 11.1. The van der Waals surface area contributed by atoms with E-state index >= 15 is 0 Å². The van der Waals surface area contributed by atoms with Gasteiger partial charge in [-0.25, -0.2) is 0 Å². The molecule has 7 heteroatoms. The minimum Gasteiger partial charge on any atom is -0.485 e. The van der Waals surface area contributed by atoms with Gasteiger partial charge in [-0.3, -0.25) is 4.79 Å². The summed E-state index contributed by atoms with van der Waals surface area (Å²) in [7, 11) is 0. The summed E-state index contributed by atoms with van der Waals surface area (Å²) in [6.45, 7) is 2.77. The third kappa shape index (κ3) is 4.35. The molecule has 0 saturated carbocycles. The van der Waals surface area contributed by atoms with E-state index in [1.165, 1.54) is 0 Å². The number of primary amides is 1. The van der Waals surface area contributed by atoms with Crippen molar-refractivity contribution in [3.8, 4) is 17.2 Å². The lowest BCUT2D eigenvalue weighted by Gasteiger charge is -2.14. The molecule has 0 spiro atoms. The van der Waals surface area contributed by atoms with Crippen molar-refractivity contribution < 1.29 is 19.0 Å². The molecule has 0 radical (unpaired) electrons. The number of amides is 1. The van der Waals surface area contributed by atoms with E-state index < -0.39 is 11.9 Å². The number of hydrogen-bond acceptors (Lipinski definition) is 5. The fraction of sp³-hybridized carbons (Fsp3) is 0.278. The largest absolute Gasteiger partial charge is 0.485 e. The monoisotopic (exact) mass is 454 g/mol. The topological polar surface area (TPSA) is 82.8 Å². The van der Waals surface area contributed by atoms with Crippen LogP contribution < -0.4 is 25.3 Å². The first-order valence-electron chi connectivity index (χ1n) is 7.86. The number of fused-ring (bicyclic) bond motifs is 1. The highest BCUT2D eigenvalue weighted by molar-refractivity contribution is 14.1. The van der Waals surface area contributed by atoms with E-state index in [1.807, 2.05) is 30.3 Å². The molecule has 1 heterocycles. The molecule has 2 aromatic rings. The van der Waals surface area contributed by atoms with Crippen molar-refractivity contribution in [2.45, 2.75) is 26.1 Å². The van der Waals surface area contributed by atoms with Crippen molar-refractivity contribution in [1.82, 2.24) is 5.32 Å². The summed E-state index contributed by atoms with van der Waals surface area (Å²) in [5.41, 5.74) is 7.24. The van der Waals surface area contributed by atoms with Crippen LogP contribution in [0.5, 0.6) is 17.2 Å². The van der Waals surface area contributed by atoms with Gasteiger partial charge in [0, 0.05) is 15.7 Å². The first kappa shape index (κ1) is 17.8. The molecule has 3 rings (SSSR count). The molecule has 0 bridgehead atoms. The van der Waals surface area contributed by atoms with Gasteiger partial charge in [0.25, 0.3) is 0 Å². The van der Waals surface area contributed by atoms with Crippen molar-refractivity contribution in [3.05, 3.63) is 51.1 Å². The molecular weight excluding hydrogens is 435 g/mol. The SMILES string of the molecule is C[C@H](NCc1ccc(OCc2cccc(I)c2)c2c1OCO2)C(N)=O. The Kier molecular flexibility index (Phi) is 5.64. The first-order valence-corrected chi connectivity index (χ1v) is 8.94. The second-order valence-electron chi connectivity index (χ2n) is 5.71. The van der Waals surface area contributed by atoms with E-state index in [9.17, 15) is 4.79 Å². The summed E-state index contributed by atoms with van der Waals surface area (Å²) in [5, 5.41) is 3.06. The Bertz CT molecular complexity index is 782. The minimum atomic E-state index is -0.422. The Morgan fingerprint density at radius 2 is 2.12 bits per heavy atom. The van der Waals surface area contributed by atoms with Crippen LogP contribution in [0.3, 0.4) is 0 Å². The van der Waals surface area contributed by atoms with Crippen LogP contribution in [0.25, 0.3) is 0 Å². The molecule has 1 amide bonds. The van der Waals surface area contributed by atoms with Crippen LogP contribution in [0.1, 0.15) is 18.1 Å². The van der Waals surface area contributed by atoms with E-state index in [1.54, 1.807) is 6.92 Å². The lowest BCUT2D eigenvalue weighted by molar-refractivity contribution is -0.119. The van der Waals surface area contributed by atoms with Crippen LogP contribution in [0.15, 0.2) is 36.4 Å². The maximum Gasteiger partial charge on any atom is 0.234 e. The number of rotatable bonds is 7. The number of carbonyl (C=O) groups is 1. The Labute approximate surface area is 159 Å². The fourth-order valence-corrected chi connectivity index (χ4v) is 3.04. The zero-order chi connectivity index (χ0) is 17.8. The summed E-state index contributed by atoms with van der Waals surface area (Å²) in [6, 6.07) is 11.5. The molecule has 25 heavy (non-hydrogen) atoms. The molecule has 0 aliphatic carbocycles. The maximum absolute atomic E-state index is 11.1. The summed E-state index contributed by atoms with van der Waals surface area (Å²) < 4.78 is 18.2. The average Bonchev–Trinajstić information content (AvgIpc) is 3.08. The number of hydrogen-bond donors (Lipinski definition) is 2. The quantitative estimate of drug-likeness (QED) is 0.629. The van der Waals surface area contributed by atoms with E-state index in [0.717, 1.165) is 14.7 Å². The van der Waals surface area contributed by atoms with E-state index in [2.05, 4.69) is 34.0 Å². The van der Waals surface area contributed by atoms with Gasteiger partial charge in [0.05, 0.1) is 6.04 Å². The standard InChI is InChI=1S/C18H19IN2O4/c1-11(18(20)22)21-8-13-5-6-15(17-16(13)24-10-25-17)23-9-12-3-2-4-14(19)7-12/h2-7,11,21H,8-10H2,1H3,(H2,20,22)/t11-/m0/s1. The Morgan fingerprint density at radius 1 is 1.32 bits per heavy atom. The van der Waals surface area contributed by atoms with E-state index in [4.69, 9.17) is 19.9 Å². The molecular formula is C18H19IN2O4. The van der Waals surface area contributed by atoms with Crippen molar-refractivity contribution in [2.75, 3.05) is 6.79 Å². The fourth-order valence-electron chi connectivity index (χ4n) is 2.43. The highest BCUT2D eigenvalue weighted by atomic mass is 127. The normalized spacial score (nSPS) is 13.5. The molecule has 0 unspecified atom stereocenters. The number of ether oxygens (including phenoxy) is 3. The molecule has 0 saturated heterocycles. The molecule has 1 atom stereocenters. The summed E-state index contributed by atoms with van der Waals surface area (Å²) in [5.74, 6) is 1.48. The van der Waals surface area contributed by atoms with Gasteiger partial charge in [-0.05, 0) is 53.3 Å². The Morgan fingerprint density at radius 3 is 2.88 bits per heavy atom. The number of nitrogens with two attached hydrogens (primary N) is 1. The highest BCUT2D eigenvalue weighted by Gasteiger charge is 2.23. The smallest absolute Gasteiger partial charge is 0.234 e. The van der Waals surface area contributed by atoms with Crippen LogP contribution in [0.4, 0.5) is 0 Å². The maximum atomic E-state index is 11.1. The second kappa shape index (κ2) is 7.92. The van der Waals surface area contributed by atoms with Crippen LogP contribution in [-0.2, 0) is 17.9 Å². The van der Waals surface area contributed by atoms with Gasteiger partial charge in [0.15, 0.2) is 11.5 Å². The van der Waals surface area contributed by atoms with Gasteiger partial charge < -0.3 is 25.3 Å². The number of nitrogens with one attached hydrogen (secondary N) is 1. The molecule has 0 fully saturated rings. The zero-order valence-electron chi connectivity index (χ0n) is 13.8. The third-order valence-electron chi connectivity index (χ3n) is 3.87. The molecule has 3 N–H and O–H groups in total. The molecule has 132 valence electrons. The van der Waals surface area contributed by atoms with Crippen LogP contribution >= 0.6 is 22.6 Å². The first-order chi connectivity index (χ1) is 12.0.